The van der Waals surface area contributed by atoms with Crippen LogP contribution in [0.4, 0.5) is 0 Å². The Morgan fingerprint density at radius 1 is 1.32 bits per heavy atom. The fraction of sp³-hybridized carbons (Fsp3) is 0.375. The highest BCUT2D eigenvalue weighted by atomic mass is 35.5. The summed E-state index contributed by atoms with van der Waals surface area (Å²) in [5.74, 6) is 2.34. The molecule has 0 saturated carbocycles. The van der Waals surface area contributed by atoms with Crippen molar-refractivity contribution in [3.63, 3.8) is 0 Å². The van der Waals surface area contributed by atoms with Crippen LogP contribution in [-0.4, -0.2) is 27.6 Å². The lowest BCUT2D eigenvalue weighted by atomic mass is 10.2. The van der Waals surface area contributed by atoms with Gasteiger partial charge in [0.25, 0.3) is 0 Å². The third-order valence-electron chi connectivity index (χ3n) is 3.16. The highest BCUT2D eigenvalue weighted by molar-refractivity contribution is 7.99. The summed E-state index contributed by atoms with van der Waals surface area (Å²) in [7, 11) is 1.66. The fourth-order valence-corrected chi connectivity index (χ4v) is 2.89. The molecule has 0 atom stereocenters. The molecule has 0 aliphatic rings. The highest BCUT2D eigenvalue weighted by Gasteiger charge is 2.14. The van der Waals surface area contributed by atoms with E-state index in [1.54, 1.807) is 18.9 Å². The van der Waals surface area contributed by atoms with Gasteiger partial charge in [0, 0.05) is 22.9 Å². The van der Waals surface area contributed by atoms with Gasteiger partial charge in [0.1, 0.15) is 5.75 Å². The molecule has 0 aliphatic heterocycles. The standard InChI is InChI=1S/C16H20ClN3OS/c1-4-5-10-20-15(13-6-8-14(21-3)9-7-13)18-19-16(20)22-11-12(2)17/h6-9H,2,4-5,10-11H2,1,3H3. The van der Waals surface area contributed by atoms with E-state index in [4.69, 9.17) is 16.3 Å². The molecule has 0 unspecified atom stereocenters. The predicted molar refractivity (Wildman–Crippen MR) is 92.6 cm³/mol. The van der Waals surface area contributed by atoms with Crippen LogP contribution in [0.1, 0.15) is 19.8 Å². The fourth-order valence-electron chi connectivity index (χ4n) is 2.01. The van der Waals surface area contributed by atoms with Gasteiger partial charge >= 0.3 is 0 Å². The van der Waals surface area contributed by atoms with Gasteiger partial charge in [-0.1, -0.05) is 43.3 Å². The maximum absolute atomic E-state index is 5.85. The van der Waals surface area contributed by atoms with Gasteiger partial charge in [-0.2, -0.15) is 0 Å². The molecule has 0 bridgehead atoms. The van der Waals surface area contributed by atoms with E-state index in [1.807, 2.05) is 24.3 Å². The Labute approximate surface area is 140 Å². The Morgan fingerprint density at radius 2 is 2.05 bits per heavy atom. The lowest BCUT2D eigenvalue weighted by Gasteiger charge is -2.09. The van der Waals surface area contributed by atoms with Gasteiger partial charge in [0.05, 0.1) is 7.11 Å². The van der Waals surface area contributed by atoms with Crippen molar-refractivity contribution in [3.8, 4) is 17.1 Å². The molecule has 0 amide bonds. The van der Waals surface area contributed by atoms with E-state index in [1.165, 1.54) is 0 Å². The molecule has 2 rings (SSSR count). The number of aromatic nitrogens is 3. The summed E-state index contributed by atoms with van der Waals surface area (Å²) in [5.41, 5.74) is 1.03. The number of rotatable bonds is 8. The number of hydrogen-bond acceptors (Lipinski definition) is 4. The summed E-state index contributed by atoms with van der Waals surface area (Å²) in [6.45, 7) is 6.78. The van der Waals surface area contributed by atoms with Crippen molar-refractivity contribution in [2.75, 3.05) is 12.9 Å². The van der Waals surface area contributed by atoms with E-state index in [2.05, 4.69) is 28.3 Å². The molecule has 4 nitrogen and oxygen atoms in total. The number of thioether (sulfide) groups is 1. The van der Waals surface area contributed by atoms with E-state index >= 15 is 0 Å². The van der Waals surface area contributed by atoms with Crippen molar-refractivity contribution in [1.82, 2.24) is 14.8 Å². The molecule has 1 aromatic carbocycles. The van der Waals surface area contributed by atoms with Crippen molar-refractivity contribution in [2.45, 2.75) is 31.5 Å². The minimum Gasteiger partial charge on any atom is -0.497 e. The van der Waals surface area contributed by atoms with Crippen LogP contribution >= 0.6 is 23.4 Å². The number of benzene rings is 1. The zero-order valence-electron chi connectivity index (χ0n) is 12.9. The summed E-state index contributed by atoms with van der Waals surface area (Å²) in [6.07, 6.45) is 2.20. The second-order valence-corrected chi connectivity index (χ2v) is 6.32. The first kappa shape index (κ1) is 16.9. The minimum atomic E-state index is 0.612. The molecule has 0 spiro atoms. The molecule has 0 saturated heterocycles. The summed E-state index contributed by atoms with van der Waals surface area (Å²) in [6, 6.07) is 7.86. The monoisotopic (exact) mass is 337 g/mol. The van der Waals surface area contributed by atoms with E-state index < -0.39 is 0 Å². The van der Waals surface area contributed by atoms with Crippen molar-refractivity contribution < 1.29 is 4.74 Å². The normalized spacial score (nSPS) is 10.7. The lowest BCUT2D eigenvalue weighted by Crippen LogP contribution is -2.03. The van der Waals surface area contributed by atoms with Crippen molar-refractivity contribution in [1.29, 1.82) is 0 Å². The average Bonchev–Trinajstić information content (AvgIpc) is 2.93. The summed E-state index contributed by atoms with van der Waals surface area (Å²) < 4.78 is 7.35. The lowest BCUT2D eigenvalue weighted by molar-refractivity contribution is 0.415. The average molecular weight is 338 g/mol. The Bertz CT molecular complexity index is 625. The Hall–Kier alpha value is -1.46. The SMILES string of the molecule is C=C(Cl)CSc1nnc(-c2ccc(OC)cc2)n1CCCC. The molecule has 0 fully saturated rings. The van der Waals surface area contributed by atoms with Crippen LogP contribution in [0.5, 0.6) is 5.75 Å². The predicted octanol–water partition coefficient (Wildman–Crippen LogP) is 4.60. The maximum Gasteiger partial charge on any atom is 0.191 e. The number of halogens is 1. The van der Waals surface area contributed by atoms with Crippen LogP contribution in [0.15, 0.2) is 41.0 Å². The smallest absolute Gasteiger partial charge is 0.191 e. The van der Waals surface area contributed by atoms with Crippen LogP contribution in [0.2, 0.25) is 0 Å². The Balaban J connectivity index is 2.30. The number of hydrogen-bond donors (Lipinski definition) is 0. The first-order valence-corrected chi connectivity index (χ1v) is 8.55. The van der Waals surface area contributed by atoms with Crippen molar-refractivity contribution in [2.24, 2.45) is 0 Å². The summed E-state index contributed by atoms with van der Waals surface area (Å²) in [5, 5.41) is 10.1. The van der Waals surface area contributed by atoms with Gasteiger partial charge in [-0.25, -0.2) is 0 Å². The second kappa shape index (κ2) is 8.25. The zero-order chi connectivity index (χ0) is 15.9. The molecule has 118 valence electrons. The zero-order valence-corrected chi connectivity index (χ0v) is 14.5. The van der Waals surface area contributed by atoms with Crippen molar-refractivity contribution >= 4 is 23.4 Å². The van der Waals surface area contributed by atoms with Crippen molar-refractivity contribution in [3.05, 3.63) is 35.9 Å². The molecular formula is C16H20ClN3OS. The molecule has 1 heterocycles. The van der Waals surface area contributed by atoms with E-state index in [-0.39, 0.29) is 0 Å². The van der Waals surface area contributed by atoms with Gasteiger partial charge in [0.15, 0.2) is 11.0 Å². The van der Waals surface area contributed by atoms with Crippen LogP contribution in [0, 0.1) is 0 Å². The number of methoxy groups -OCH3 is 1. The van der Waals surface area contributed by atoms with E-state index in [0.29, 0.717) is 10.8 Å². The van der Waals surface area contributed by atoms with Gasteiger partial charge in [-0.15, -0.1) is 10.2 Å². The molecule has 0 N–H and O–H groups in total. The highest BCUT2D eigenvalue weighted by Crippen LogP contribution is 2.27. The Morgan fingerprint density at radius 3 is 2.64 bits per heavy atom. The summed E-state index contributed by atoms with van der Waals surface area (Å²) in [4.78, 5) is 0. The van der Waals surface area contributed by atoms with Crippen LogP contribution in [0.3, 0.4) is 0 Å². The largest absolute Gasteiger partial charge is 0.497 e. The molecule has 1 aromatic heterocycles. The maximum atomic E-state index is 5.85. The first-order valence-electron chi connectivity index (χ1n) is 7.19. The molecule has 0 radical (unpaired) electrons. The topological polar surface area (TPSA) is 39.9 Å². The third kappa shape index (κ3) is 4.27. The van der Waals surface area contributed by atoms with Gasteiger partial charge in [-0.3, -0.25) is 0 Å². The third-order valence-corrected chi connectivity index (χ3v) is 4.50. The van der Waals surface area contributed by atoms with E-state index in [9.17, 15) is 0 Å². The van der Waals surface area contributed by atoms with Gasteiger partial charge < -0.3 is 9.30 Å². The second-order valence-electron chi connectivity index (χ2n) is 4.85. The molecule has 0 aliphatic carbocycles. The van der Waals surface area contributed by atoms with E-state index in [0.717, 1.165) is 41.7 Å². The van der Waals surface area contributed by atoms with Crippen LogP contribution < -0.4 is 4.74 Å². The Kier molecular flexibility index (Phi) is 6.34. The minimum absolute atomic E-state index is 0.612. The number of unbranched alkanes of at least 4 members (excludes halogenated alkanes) is 1. The number of nitrogens with zero attached hydrogens (tertiary/aromatic N) is 3. The van der Waals surface area contributed by atoms with Crippen LogP contribution in [-0.2, 0) is 6.54 Å². The first-order chi connectivity index (χ1) is 10.7. The molecular weight excluding hydrogens is 318 g/mol. The quantitative estimate of drug-likeness (QED) is 0.660. The summed E-state index contributed by atoms with van der Waals surface area (Å²) >= 11 is 7.42. The van der Waals surface area contributed by atoms with Crippen LogP contribution in [0.25, 0.3) is 11.4 Å². The van der Waals surface area contributed by atoms with Gasteiger partial charge in [0.2, 0.25) is 0 Å². The molecule has 2 aromatic rings. The molecule has 6 heteroatoms. The molecule has 22 heavy (non-hydrogen) atoms. The van der Waals surface area contributed by atoms with Gasteiger partial charge in [-0.05, 0) is 30.7 Å². The number of ether oxygens (including phenoxy) is 1.